The van der Waals surface area contributed by atoms with E-state index in [0.717, 1.165) is 11.3 Å². The molecule has 1 aromatic heterocycles. The van der Waals surface area contributed by atoms with Gasteiger partial charge in [0.25, 0.3) is 0 Å². The van der Waals surface area contributed by atoms with E-state index in [4.69, 9.17) is 11.5 Å². The molecule has 0 saturated carbocycles. The molecule has 12 heavy (non-hydrogen) atoms. The van der Waals surface area contributed by atoms with Crippen molar-refractivity contribution in [2.45, 2.75) is 6.04 Å². The van der Waals surface area contributed by atoms with Gasteiger partial charge in [0.1, 0.15) is 0 Å². The first-order valence-corrected chi connectivity index (χ1v) is 3.82. The molecule has 0 aliphatic rings. The summed E-state index contributed by atoms with van der Waals surface area (Å²) in [7, 11) is 0. The lowest BCUT2D eigenvalue weighted by Gasteiger charge is -2.08. The molecule has 0 unspecified atom stereocenters. The van der Waals surface area contributed by atoms with Crippen LogP contribution in [0.15, 0.2) is 24.9 Å². The van der Waals surface area contributed by atoms with Crippen LogP contribution in [0, 0.1) is 0 Å². The molecule has 0 amide bonds. The first-order chi connectivity index (χ1) is 5.77. The van der Waals surface area contributed by atoms with Crippen molar-refractivity contribution in [3.8, 4) is 0 Å². The van der Waals surface area contributed by atoms with Gasteiger partial charge in [0.2, 0.25) is 0 Å². The molecule has 0 aromatic carbocycles. The third kappa shape index (κ3) is 1.90. The highest BCUT2D eigenvalue weighted by Crippen LogP contribution is 2.09. The summed E-state index contributed by atoms with van der Waals surface area (Å²) in [5.74, 6) is 0. The minimum Gasteiger partial charge on any atom is -0.329 e. The standard InChI is InChI=1S/C9H13N3/c1-2-8-5-7(3-4-12-8)9(11)6-10/h2-5,9H,1,6,10-11H2/t9-/m1/s1. The predicted molar refractivity (Wildman–Crippen MR) is 50.3 cm³/mol. The van der Waals surface area contributed by atoms with E-state index in [9.17, 15) is 0 Å². The van der Waals surface area contributed by atoms with E-state index in [2.05, 4.69) is 11.6 Å². The maximum absolute atomic E-state index is 5.73. The van der Waals surface area contributed by atoms with Crippen LogP contribution >= 0.6 is 0 Å². The second kappa shape index (κ2) is 3.99. The van der Waals surface area contributed by atoms with Crippen molar-refractivity contribution in [1.82, 2.24) is 4.98 Å². The van der Waals surface area contributed by atoms with Gasteiger partial charge < -0.3 is 11.5 Å². The summed E-state index contributed by atoms with van der Waals surface area (Å²) in [4.78, 5) is 4.06. The van der Waals surface area contributed by atoms with E-state index >= 15 is 0 Å². The highest BCUT2D eigenvalue weighted by Gasteiger charge is 2.02. The van der Waals surface area contributed by atoms with Crippen molar-refractivity contribution in [2.24, 2.45) is 11.5 Å². The van der Waals surface area contributed by atoms with Crippen LogP contribution in [-0.2, 0) is 0 Å². The molecular formula is C9H13N3. The molecule has 1 atom stereocenters. The Morgan fingerprint density at radius 1 is 1.67 bits per heavy atom. The molecule has 0 spiro atoms. The van der Waals surface area contributed by atoms with Gasteiger partial charge in [-0.15, -0.1) is 0 Å². The average molecular weight is 163 g/mol. The summed E-state index contributed by atoms with van der Waals surface area (Å²) in [5.41, 5.74) is 13.0. The number of aromatic nitrogens is 1. The second-order valence-corrected chi connectivity index (χ2v) is 2.56. The van der Waals surface area contributed by atoms with Gasteiger partial charge in [-0.3, -0.25) is 4.98 Å². The van der Waals surface area contributed by atoms with Gasteiger partial charge >= 0.3 is 0 Å². The number of rotatable bonds is 3. The maximum atomic E-state index is 5.73. The van der Waals surface area contributed by atoms with Gasteiger partial charge in [-0.05, 0) is 23.8 Å². The zero-order valence-electron chi connectivity index (χ0n) is 6.90. The van der Waals surface area contributed by atoms with Gasteiger partial charge in [0.15, 0.2) is 0 Å². The lowest BCUT2D eigenvalue weighted by atomic mass is 10.1. The third-order valence-electron chi connectivity index (χ3n) is 1.70. The van der Waals surface area contributed by atoms with Crippen molar-refractivity contribution < 1.29 is 0 Å². The highest BCUT2D eigenvalue weighted by atomic mass is 14.7. The van der Waals surface area contributed by atoms with Crippen molar-refractivity contribution in [3.63, 3.8) is 0 Å². The molecule has 0 aliphatic heterocycles. The minimum absolute atomic E-state index is 0.105. The van der Waals surface area contributed by atoms with E-state index < -0.39 is 0 Å². The summed E-state index contributed by atoms with van der Waals surface area (Å²) < 4.78 is 0. The lowest BCUT2D eigenvalue weighted by Crippen LogP contribution is -2.20. The Morgan fingerprint density at radius 2 is 2.42 bits per heavy atom. The molecule has 3 nitrogen and oxygen atoms in total. The van der Waals surface area contributed by atoms with Gasteiger partial charge in [0, 0.05) is 18.8 Å². The Labute approximate surface area is 72.1 Å². The van der Waals surface area contributed by atoms with Crippen LogP contribution in [-0.4, -0.2) is 11.5 Å². The lowest BCUT2D eigenvalue weighted by molar-refractivity contribution is 0.735. The predicted octanol–water partition coefficient (Wildman–Crippen LogP) is 0.683. The molecule has 1 heterocycles. The molecule has 0 radical (unpaired) electrons. The van der Waals surface area contributed by atoms with Crippen molar-refractivity contribution >= 4 is 6.08 Å². The van der Waals surface area contributed by atoms with E-state index in [0.29, 0.717) is 6.54 Å². The van der Waals surface area contributed by atoms with Crippen molar-refractivity contribution in [2.75, 3.05) is 6.54 Å². The zero-order chi connectivity index (χ0) is 8.97. The van der Waals surface area contributed by atoms with E-state index in [-0.39, 0.29) is 6.04 Å². The van der Waals surface area contributed by atoms with Crippen LogP contribution < -0.4 is 11.5 Å². The molecule has 3 heteroatoms. The van der Waals surface area contributed by atoms with Crippen LogP contribution in [0.1, 0.15) is 17.3 Å². The second-order valence-electron chi connectivity index (χ2n) is 2.56. The normalized spacial score (nSPS) is 12.5. The molecule has 0 aliphatic carbocycles. The molecule has 0 fully saturated rings. The first-order valence-electron chi connectivity index (χ1n) is 3.82. The fourth-order valence-corrected chi connectivity index (χ4v) is 0.944. The largest absolute Gasteiger partial charge is 0.329 e. The van der Waals surface area contributed by atoms with Gasteiger partial charge in [0.05, 0.1) is 5.69 Å². The van der Waals surface area contributed by atoms with Crippen molar-refractivity contribution in [3.05, 3.63) is 36.2 Å². The van der Waals surface area contributed by atoms with Gasteiger partial charge in [-0.1, -0.05) is 6.58 Å². The van der Waals surface area contributed by atoms with E-state index in [1.54, 1.807) is 12.3 Å². The average Bonchev–Trinajstić information content (AvgIpc) is 2.17. The molecule has 64 valence electrons. The summed E-state index contributed by atoms with van der Waals surface area (Å²) >= 11 is 0. The molecule has 1 aromatic rings. The number of hydrogen-bond donors (Lipinski definition) is 2. The summed E-state index contributed by atoms with van der Waals surface area (Å²) in [6, 6.07) is 3.65. The smallest absolute Gasteiger partial charge is 0.0627 e. The van der Waals surface area contributed by atoms with Crippen LogP contribution in [0.5, 0.6) is 0 Å². The topological polar surface area (TPSA) is 64.9 Å². The first kappa shape index (κ1) is 8.90. The zero-order valence-corrected chi connectivity index (χ0v) is 6.90. The van der Waals surface area contributed by atoms with E-state index in [1.807, 2.05) is 12.1 Å². The van der Waals surface area contributed by atoms with Crippen molar-refractivity contribution in [1.29, 1.82) is 0 Å². The van der Waals surface area contributed by atoms with Gasteiger partial charge in [-0.2, -0.15) is 0 Å². The van der Waals surface area contributed by atoms with Crippen LogP contribution in [0.2, 0.25) is 0 Å². The Bertz CT molecular complexity index is 270. The fraction of sp³-hybridized carbons (Fsp3) is 0.222. The summed E-state index contributed by atoms with van der Waals surface area (Å²) in [6.07, 6.45) is 3.40. The monoisotopic (exact) mass is 163 g/mol. The van der Waals surface area contributed by atoms with E-state index in [1.165, 1.54) is 0 Å². The number of nitrogens with two attached hydrogens (primary N) is 2. The molecule has 4 N–H and O–H groups in total. The number of nitrogens with zero attached hydrogens (tertiary/aromatic N) is 1. The highest BCUT2D eigenvalue weighted by molar-refractivity contribution is 5.43. The van der Waals surface area contributed by atoms with Crippen LogP contribution in [0.4, 0.5) is 0 Å². The van der Waals surface area contributed by atoms with Crippen LogP contribution in [0.3, 0.4) is 0 Å². The Balaban J connectivity index is 2.93. The maximum Gasteiger partial charge on any atom is 0.0627 e. The third-order valence-corrected chi connectivity index (χ3v) is 1.70. The van der Waals surface area contributed by atoms with Gasteiger partial charge in [-0.25, -0.2) is 0 Å². The minimum atomic E-state index is -0.105. The Morgan fingerprint density at radius 3 is 3.00 bits per heavy atom. The number of pyridine rings is 1. The summed E-state index contributed by atoms with van der Waals surface area (Å²) in [6.45, 7) is 4.07. The van der Waals surface area contributed by atoms with Crippen LogP contribution in [0.25, 0.3) is 6.08 Å². The summed E-state index contributed by atoms with van der Waals surface area (Å²) in [5, 5.41) is 0. The Kier molecular flexibility index (Phi) is 2.96. The Hall–Kier alpha value is -1.19. The number of hydrogen-bond acceptors (Lipinski definition) is 3. The quantitative estimate of drug-likeness (QED) is 0.688. The molecule has 0 saturated heterocycles. The fourth-order valence-electron chi connectivity index (χ4n) is 0.944. The molecular weight excluding hydrogens is 150 g/mol. The SMILES string of the molecule is C=Cc1cc([C@H](N)CN)ccn1. The molecule has 1 rings (SSSR count). The molecule has 0 bridgehead atoms.